The number of carbonyl (C=O) groups excluding carboxylic acids is 2. The molecule has 2 aliphatic rings. The third-order valence-electron chi connectivity index (χ3n) is 4.36. The van der Waals surface area contributed by atoms with E-state index in [0.29, 0.717) is 12.1 Å². The van der Waals surface area contributed by atoms with Gasteiger partial charge in [0, 0.05) is 17.4 Å². The number of nitrogens with zero attached hydrogens (tertiary/aromatic N) is 2. The zero-order chi connectivity index (χ0) is 16.7. The van der Waals surface area contributed by atoms with Crippen molar-refractivity contribution in [1.29, 1.82) is 0 Å². The number of aliphatic carboxylic acids is 1. The van der Waals surface area contributed by atoms with Crippen molar-refractivity contribution in [2.45, 2.75) is 38.8 Å². The molecular formula is C16H18N2O5. The Labute approximate surface area is 133 Å². The Kier molecular flexibility index (Phi) is 3.71. The van der Waals surface area contributed by atoms with E-state index in [1.54, 1.807) is 17.0 Å². The first-order valence-corrected chi connectivity index (χ1v) is 7.58. The summed E-state index contributed by atoms with van der Waals surface area (Å²) in [4.78, 5) is 38.1. The molecule has 2 aliphatic heterocycles. The minimum Gasteiger partial charge on any atom is -0.478 e. The van der Waals surface area contributed by atoms with E-state index in [4.69, 9.17) is 9.84 Å². The first-order valence-electron chi connectivity index (χ1n) is 7.58. The molecular weight excluding hydrogens is 300 g/mol. The minimum atomic E-state index is -1.17. The summed E-state index contributed by atoms with van der Waals surface area (Å²) in [6.07, 6.45) is -0.695. The van der Waals surface area contributed by atoms with Crippen LogP contribution in [-0.4, -0.2) is 41.8 Å². The van der Waals surface area contributed by atoms with Crippen LogP contribution in [0.25, 0.3) is 0 Å². The second kappa shape index (κ2) is 5.57. The van der Waals surface area contributed by atoms with Crippen LogP contribution in [0.5, 0.6) is 0 Å². The van der Waals surface area contributed by atoms with Crippen molar-refractivity contribution in [3.63, 3.8) is 0 Å². The lowest BCUT2D eigenvalue weighted by Crippen LogP contribution is -2.35. The van der Waals surface area contributed by atoms with E-state index >= 15 is 0 Å². The molecule has 1 aromatic rings. The summed E-state index contributed by atoms with van der Waals surface area (Å²) in [5.41, 5.74) is 2.26. The maximum atomic E-state index is 12.2. The Balaban J connectivity index is 1.89. The zero-order valence-electron chi connectivity index (χ0n) is 13.0. The van der Waals surface area contributed by atoms with E-state index in [9.17, 15) is 14.4 Å². The SMILES string of the molecule is CCC(C)N1C(=O)Cc2cc(N3C[C@H](C(=O)O)OC3=O)ccc21. The summed E-state index contributed by atoms with van der Waals surface area (Å²) >= 11 is 0. The van der Waals surface area contributed by atoms with Crippen LogP contribution in [-0.2, 0) is 20.7 Å². The standard InChI is InChI=1S/C16H18N2O5/c1-3-9(2)18-12-5-4-11(6-10(12)7-14(18)19)17-8-13(15(20)21)23-16(17)22/h4-6,9,13H,3,7-8H2,1-2H3,(H,20,21)/t9?,13-/m1/s1. The summed E-state index contributed by atoms with van der Waals surface area (Å²) in [7, 11) is 0. The van der Waals surface area contributed by atoms with E-state index < -0.39 is 18.2 Å². The molecule has 122 valence electrons. The van der Waals surface area contributed by atoms with Crippen LogP contribution in [0, 0.1) is 0 Å². The number of cyclic esters (lactones) is 1. The Morgan fingerprint density at radius 2 is 2.17 bits per heavy atom. The number of hydrogen-bond acceptors (Lipinski definition) is 4. The van der Waals surface area contributed by atoms with Gasteiger partial charge in [0.25, 0.3) is 0 Å². The van der Waals surface area contributed by atoms with Gasteiger partial charge in [-0.05, 0) is 37.1 Å². The highest BCUT2D eigenvalue weighted by atomic mass is 16.6. The second-order valence-electron chi connectivity index (χ2n) is 5.83. The third-order valence-corrected chi connectivity index (χ3v) is 4.36. The van der Waals surface area contributed by atoms with E-state index in [1.807, 2.05) is 19.9 Å². The normalized spacial score (nSPS) is 21.4. The smallest absolute Gasteiger partial charge is 0.415 e. The summed E-state index contributed by atoms with van der Waals surface area (Å²) in [6, 6.07) is 5.41. The van der Waals surface area contributed by atoms with Crippen molar-refractivity contribution in [3.8, 4) is 0 Å². The van der Waals surface area contributed by atoms with Crippen LogP contribution in [0.1, 0.15) is 25.8 Å². The maximum absolute atomic E-state index is 12.2. The quantitative estimate of drug-likeness (QED) is 0.914. The lowest BCUT2D eigenvalue weighted by atomic mass is 10.1. The fourth-order valence-corrected chi connectivity index (χ4v) is 2.97. The summed E-state index contributed by atoms with van der Waals surface area (Å²) in [5.74, 6) is -1.13. The molecule has 0 saturated carbocycles. The van der Waals surface area contributed by atoms with Crippen molar-refractivity contribution in [1.82, 2.24) is 0 Å². The lowest BCUT2D eigenvalue weighted by molar-refractivity contribution is -0.144. The van der Waals surface area contributed by atoms with Gasteiger partial charge in [-0.15, -0.1) is 0 Å². The molecule has 3 rings (SSSR count). The molecule has 0 aliphatic carbocycles. The topological polar surface area (TPSA) is 87.2 Å². The number of carboxylic acid groups (broad SMARTS) is 1. The van der Waals surface area contributed by atoms with Gasteiger partial charge in [0.1, 0.15) is 0 Å². The number of anilines is 2. The predicted molar refractivity (Wildman–Crippen MR) is 82.6 cm³/mol. The summed E-state index contributed by atoms with van der Waals surface area (Å²) in [6.45, 7) is 3.99. The maximum Gasteiger partial charge on any atom is 0.415 e. The minimum absolute atomic E-state index is 0.0318. The first-order chi connectivity index (χ1) is 10.9. The average Bonchev–Trinajstić information content (AvgIpc) is 3.05. The van der Waals surface area contributed by atoms with Crippen LogP contribution in [0.15, 0.2) is 18.2 Å². The number of rotatable bonds is 4. The molecule has 0 aromatic heterocycles. The Morgan fingerprint density at radius 3 is 2.78 bits per heavy atom. The summed E-state index contributed by atoms with van der Waals surface area (Å²) < 4.78 is 4.82. The van der Waals surface area contributed by atoms with Gasteiger partial charge in [0.15, 0.2) is 0 Å². The Bertz CT molecular complexity index is 687. The molecule has 1 unspecified atom stereocenters. The lowest BCUT2D eigenvalue weighted by Gasteiger charge is -2.24. The van der Waals surface area contributed by atoms with E-state index in [-0.39, 0.29) is 18.5 Å². The zero-order valence-corrected chi connectivity index (χ0v) is 13.0. The Morgan fingerprint density at radius 1 is 1.43 bits per heavy atom. The largest absolute Gasteiger partial charge is 0.478 e. The van der Waals surface area contributed by atoms with Gasteiger partial charge < -0.3 is 14.7 Å². The predicted octanol–water partition coefficient (Wildman–Crippen LogP) is 1.78. The van der Waals surface area contributed by atoms with Crippen LogP contribution in [0.2, 0.25) is 0 Å². The highest BCUT2D eigenvalue weighted by Gasteiger charge is 2.38. The summed E-state index contributed by atoms with van der Waals surface area (Å²) in [5, 5.41) is 8.95. The molecule has 23 heavy (non-hydrogen) atoms. The number of carbonyl (C=O) groups is 3. The van der Waals surface area contributed by atoms with Crippen molar-refractivity contribution >= 4 is 29.3 Å². The van der Waals surface area contributed by atoms with E-state index in [1.165, 1.54) is 4.90 Å². The Hall–Kier alpha value is -2.57. The first kappa shape index (κ1) is 15.3. The fraction of sp³-hybridized carbons (Fsp3) is 0.438. The number of hydrogen-bond donors (Lipinski definition) is 1. The van der Waals surface area contributed by atoms with Gasteiger partial charge in [0.2, 0.25) is 12.0 Å². The van der Waals surface area contributed by atoms with Crippen molar-refractivity contribution in [2.75, 3.05) is 16.3 Å². The monoisotopic (exact) mass is 318 g/mol. The molecule has 2 heterocycles. The van der Waals surface area contributed by atoms with Crippen LogP contribution in [0.3, 0.4) is 0 Å². The molecule has 1 N–H and O–H groups in total. The van der Waals surface area contributed by atoms with Crippen molar-refractivity contribution in [3.05, 3.63) is 23.8 Å². The van der Waals surface area contributed by atoms with Crippen LogP contribution < -0.4 is 9.80 Å². The van der Waals surface area contributed by atoms with Gasteiger partial charge in [-0.1, -0.05) is 6.92 Å². The van der Waals surface area contributed by atoms with E-state index in [2.05, 4.69) is 0 Å². The van der Waals surface area contributed by atoms with Crippen molar-refractivity contribution < 1.29 is 24.2 Å². The molecule has 0 spiro atoms. The van der Waals surface area contributed by atoms with Crippen molar-refractivity contribution in [2.24, 2.45) is 0 Å². The van der Waals surface area contributed by atoms with Gasteiger partial charge in [-0.2, -0.15) is 0 Å². The van der Waals surface area contributed by atoms with Crippen LogP contribution in [0.4, 0.5) is 16.2 Å². The average molecular weight is 318 g/mol. The van der Waals surface area contributed by atoms with E-state index in [0.717, 1.165) is 17.7 Å². The highest BCUT2D eigenvalue weighted by molar-refractivity contribution is 6.03. The van der Waals surface area contributed by atoms with Crippen LogP contribution >= 0.6 is 0 Å². The molecule has 0 bridgehead atoms. The number of ether oxygens (including phenoxy) is 1. The molecule has 0 radical (unpaired) electrons. The number of amides is 2. The third kappa shape index (κ3) is 2.52. The molecule has 2 amide bonds. The second-order valence-corrected chi connectivity index (χ2v) is 5.83. The van der Waals surface area contributed by atoms with Gasteiger partial charge in [0.05, 0.1) is 13.0 Å². The molecule has 1 aromatic carbocycles. The molecule has 7 heteroatoms. The molecule has 1 fully saturated rings. The van der Waals surface area contributed by atoms with Gasteiger partial charge in [-0.3, -0.25) is 9.69 Å². The molecule has 7 nitrogen and oxygen atoms in total. The van der Waals surface area contributed by atoms with Gasteiger partial charge in [-0.25, -0.2) is 9.59 Å². The highest BCUT2D eigenvalue weighted by Crippen LogP contribution is 2.35. The number of benzene rings is 1. The molecule has 2 atom stereocenters. The molecule has 1 saturated heterocycles. The van der Waals surface area contributed by atoms with Gasteiger partial charge >= 0.3 is 12.1 Å². The fourth-order valence-electron chi connectivity index (χ4n) is 2.97. The number of fused-ring (bicyclic) bond motifs is 1. The number of carboxylic acids is 1.